The summed E-state index contributed by atoms with van der Waals surface area (Å²) in [6, 6.07) is 4.57. The number of anilines is 1. The highest BCUT2D eigenvalue weighted by Gasteiger charge is 2.27. The first kappa shape index (κ1) is 8.48. The van der Waals surface area contributed by atoms with Gasteiger partial charge in [0.2, 0.25) is 0 Å². The van der Waals surface area contributed by atoms with E-state index < -0.39 is 0 Å². The first-order valence-electron chi connectivity index (χ1n) is 4.83. The average molecular weight is 177 g/mol. The fraction of sp³-hybridized carbons (Fsp3) is 0.600. The molecule has 0 spiro atoms. The van der Waals surface area contributed by atoms with Crippen molar-refractivity contribution in [3.05, 3.63) is 18.3 Å². The smallest absolute Gasteiger partial charge is 0.151 e. The minimum absolute atomic E-state index is 0.594. The third-order valence-corrected chi connectivity index (χ3v) is 2.99. The zero-order chi connectivity index (χ0) is 9.26. The molecule has 0 radical (unpaired) electrons. The predicted molar refractivity (Wildman–Crippen MR) is 52.6 cm³/mol. The topological polar surface area (TPSA) is 29.0 Å². The summed E-state index contributed by atoms with van der Waals surface area (Å²) in [5.74, 6) is 1.78. The Morgan fingerprint density at radius 2 is 2.31 bits per heavy atom. The molecule has 1 fully saturated rings. The van der Waals surface area contributed by atoms with Crippen LogP contribution in [0.1, 0.15) is 20.3 Å². The molecule has 0 aromatic carbocycles. The third-order valence-electron chi connectivity index (χ3n) is 2.99. The lowest BCUT2D eigenvalue weighted by molar-refractivity contribution is 0.543. The molecule has 0 amide bonds. The molecule has 1 aliphatic rings. The molecule has 0 saturated carbocycles. The molecule has 1 aromatic rings. The van der Waals surface area contributed by atoms with E-state index in [1.54, 1.807) is 6.20 Å². The second-order valence-electron chi connectivity index (χ2n) is 3.78. The molecule has 2 unspecified atom stereocenters. The van der Waals surface area contributed by atoms with E-state index in [1.165, 1.54) is 6.42 Å². The molecule has 0 aliphatic carbocycles. The highest BCUT2D eigenvalue weighted by molar-refractivity contribution is 5.39. The van der Waals surface area contributed by atoms with Gasteiger partial charge in [-0.3, -0.25) is 0 Å². The highest BCUT2D eigenvalue weighted by atomic mass is 15.3. The first-order valence-corrected chi connectivity index (χ1v) is 4.83. The van der Waals surface area contributed by atoms with Gasteiger partial charge >= 0.3 is 0 Å². The van der Waals surface area contributed by atoms with Crippen LogP contribution in [0, 0.1) is 5.92 Å². The van der Waals surface area contributed by atoms with Crippen LogP contribution in [0.5, 0.6) is 0 Å². The largest absolute Gasteiger partial charge is 0.352 e. The summed E-state index contributed by atoms with van der Waals surface area (Å²) in [6.45, 7) is 5.66. The van der Waals surface area contributed by atoms with Crippen LogP contribution < -0.4 is 4.90 Å². The maximum absolute atomic E-state index is 4.12. The van der Waals surface area contributed by atoms with Crippen LogP contribution in [0.15, 0.2) is 18.3 Å². The van der Waals surface area contributed by atoms with Gasteiger partial charge in [-0.25, -0.2) is 0 Å². The molecule has 0 bridgehead atoms. The quantitative estimate of drug-likeness (QED) is 0.654. The van der Waals surface area contributed by atoms with Crippen LogP contribution in [0.2, 0.25) is 0 Å². The standard InChI is InChI=1S/C10H15N3/c1-8-5-7-13(9(8)2)10-4-3-6-11-12-10/h3-4,6,8-9H,5,7H2,1-2H3. The fourth-order valence-corrected chi connectivity index (χ4v) is 1.86. The molecule has 1 aliphatic heterocycles. The molecule has 2 heterocycles. The zero-order valence-electron chi connectivity index (χ0n) is 8.14. The minimum atomic E-state index is 0.594. The van der Waals surface area contributed by atoms with Crippen LogP contribution in [-0.4, -0.2) is 22.8 Å². The average Bonchev–Trinajstić information content (AvgIpc) is 2.49. The van der Waals surface area contributed by atoms with Crippen molar-refractivity contribution < 1.29 is 0 Å². The van der Waals surface area contributed by atoms with Crippen LogP contribution in [0.4, 0.5) is 5.82 Å². The molecular formula is C10H15N3. The summed E-state index contributed by atoms with van der Waals surface area (Å²) in [5.41, 5.74) is 0. The number of hydrogen-bond acceptors (Lipinski definition) is 3. The molecule has 0 N–H and O–H groups in total. The monoisotopic (exact) mass is 177 g/mol. The third kappa shape index (κ3) is 1.50. The number of hydrogen-bond donors (Lipinski definition) is 0. The lowest BCUT2D eigenvalue weighted by atomic mass is 10.1. The Balaban J connectivity index is 2.19. The van der Waals surface area contributed by atoms with Crippen molar-refractivity contribution in [3.8, 4) is 0 Å². The second kappa shape index (κ2) is 3.32. The van der Waals surface area contributed by atoms with Gasteiger partial charge in [0.1, 0.15) is 0 Å². The molecule has 2 rings (SSSR count). The molecule has 1 saturated heterocycles. The van der Waals surface area contributed by atoms with Gasteiger partial charge in [-0.1, -0.05) is 6.92 Å². The molecule has 3 nitrogen and oxygen atoms in total. The van der Waals surface area contributed by atoms with Gasteiger partial charge in [-0.2, -0.15) is 5.10 Å². The van der Waals surface area contributed by atoms with E-state index in [0.717, 1.165) is 18.3 Å². The molecule has 13 heavy (non-hydrogen) atoms. The summed E-state index contributed by atoms with van der Waals surface area (Å²) in [4.78, 5) is 2.33. The highest BCUT2D eigenvalue weighted by Crippen LogP contribution is 2.26. The lowest BCUT2D eigenvalue weighted by Gasteiger charge is -2.23. The summed E-state index contributed by atoms with van der Waals surface area (Å²) in [6.07, 6.45) is 2.98. The van der Waals surface area contributed by atoms with Gasteiger partial charge in [0.05, 0.1) is 0 Å². The normalized spacial score (nSPS) is 28.0. The maximum atomic E-state index is 4.12. The van der Waals surface area contributed by atoms with Crippen molar-refractivity contribution in [2.24, 2.45) is 5.92 Å². The molecule has 1 aromatic heterocycles. The van der Waals surface area contributed by atoms with Crippen molar-refractivity contribution >= 4 is 5.82 Å². The van der Waals surface area contributed by atoms with Crippen molar-refractivity contribution in [2.45, 2.75) is 26.3 Å². The van der Waals surface area contributed by atoms with Gasteiger partial charge in [0.15, 0.2) is 5.82 Å². The number of nitrogens with zero attached hydrogens (tertiary/aromatic N) is 3. The van der Waals surface area contributed by atoms with Gasteiger partial charge in [-0.15, -0.1) is 5.10 Å². The lowest BCUT2D eigenvalue weighted by Crippen LogP contribution is -2.29. The number of aromatic nitrogens is 2. The van der Waals surface area contributed by atoms with E-state index in [2.05, 4.69) is 28.9 Å². The van der Waals surface area contributed by atoms with Crippen LogP contribution >= 0.6 is 0 Å². The summed E-state index contributed by atoms with van der Waals surface area (Å²) >= 11 is 0. The Hall–Kier alpha value is -1.12. The minimum Gasteiger partial charge on any atom is -0.352 e. The van der Waals surface area contributed by atoms with Crippen molar-refractivity contribution in [3.63, 3.8) is 0 Å². The molecule has 3 heteroatoms. The Bertz CT molecular complexity index is 273. The van der Waals surface area contributed by atoms with Crippen LogP contribution in [0.25, 0.3) is 0 Å². The summed E-state index contributed by atoms with van der Waals surface area (Å²) in [7, 11) is 0. The van der Waals surface area contributed by atoms with Crippen LogP contribution in [0.3, 0.4) is 0 Å². The van der Waals surface area contributed by atoms with E-state index in [4.69, 9.17) is 0 Å². The van der Waals surface area contributed by atoms with E-state index >= 15 is 0 Å². The Morgan fingerprint density at radius 3 is 2.85 bits per heavy atom. The van der Waals surface area contributed by atoms with Crippen LogP contribution in [-0.2, 0) is 0 Å². The van der Waals surface area contributed by atoms with Gasteiger partial charge < -0.3 is 4.90 Å². The van der Waals surface area contributed by atoms with Gasteiger partial charge in [0.25, 0.3) is 0 Å². The van der Waals surface area contributed by atoms with Crippen molar-refractivity contribution in [2.75, 3.05) is 11.4 Å². The summed E-state index contributed by atoms with van der Waals surface area (Å²) in [5, 5.41) is 8.02. The number of rotatable bonds is 1. The molecular weight excluding hydrogens is 162 g/mol. The fourth-order valence-electron chi connectivity index (χ4n) is 1.86. The zero-order valence-corrected chi connectivity index (χ0v) is 8.14. The van der Waals surface area contributed by atoms with Crippen molar-refractivity contribution in [1.29, 1.82) is 0 Å². The van der Waals surface area contributed by atoms with Gasteiger partial charge in [0, 0.05) is 18.8 Å². The Kier molecular flexibility index (Phi) is 2.17. The van der Waals surface area contributed by atoms with E-state index in [1.807, 2.05) is 12.1 Å². The second-order valence-corrected chi connectivity index (χ2v) is 3.78. The molecule has 70 valence electrons. The van der Waals surface area contributed by atoms with Crippen molar-refractivity contribution in [1.82, 2.24) is 10.2 Å². The van der Waals surface area contributed by atoms with E-state index in [-0.39, 0.29) is 0 Å². The molecule has 2 atom stereocenters. The Morgan fingerprint density at radius 1 is 1.46 bits per heavy atom. The first-order chi connectivity index (χ1) is 6.29. The van der Waals surface area contributed by atoms with Gasteiger partial charge in [-0.05, 0) is 31.4 Å². The van der Waals surface area contributed by atoms with E-state index in [0.29, 0.717) is 6.04 Å². The maximum Gasteiger partial charge on any atom is 0.151 e. The predicted octanol–water partition coefficient (Wildman–Crippen LogP) is 1.71. The van der Waals surface area contributed by atoms with E-state index in [9.17, 15) is 0 Å². The Labute approximate surface area is 78.8 Å². The SMILES string of the molecule is CC1CCN(c2cccnn2)C1C. The summed E-state index contributed by atoms with van der Waals surface area (Å²) < 4.78 is 0.